The van der Waals surface area contributed by atoms with Gasteiger partial charge in [0.25, 0.3) is 17.7 Å². The van der Waals surface area contributed by atoms with Crippen molar-refractivity contribution in [2.24, 2.45) is 0 Å². The molecule has 0 saturated carbocycles. The minimum absolute atomic E-state index is 0.126. The Bertz CT molecular complexity index is 1450. The first-order valence-corrected chi connectivity index (χ1v) is 11.1. The number of carbonyl (C=O) groups is 5. The molecule has 0 unspecified atom stereocenters. The zero-order chi connectivity index (χ0) is 27.2. The normalized spacial score (nSPS) is 14.2. The molecule has 1 heterocycles. The van der Waals surface area contributed by atoms with Gasteiger partial charge in [-0.05, 0) is 60.7 Å². The highest BCUT2D eigenvalue weighted by Crippen LogP contribution is 2.26. The number of hydrogen-bond donors (Lipinski definition) is 2. The minimum Gasteiger partial charge on any atom is -0.483 e. The van der Waals surface area contributed by atoms with Crippen molar-refractivity contribution in [3.8, 4) is 5.75 Å². The molecule has 0 aliphatic carbocycles. The Hall–Kier alpha value is -5.32. The molecule has 10 nitrogen and oxygen atoms in total. The van der Waals surface area contributed by atoms with E-state index in [2.05, 4.69) is 15.4 Å². The summed E-state index contributed by atoms with van der Waals surface area (Å²) in [6.45, 7) is -0.408. The largest absolute Gasteiger partial charge is 0.483 e. The first-order valence-electron chi connectivity index (χ1n) is 11.1. The molecule has 3 aromatic carbocycles. The number of methoxy groups -OCH3 is 1. The Balaban J connectivity index is 1.53. The Morgan fingerprint density at radius 1 is 0.974 bits per heavy atom. The summed E-state index contributed by atoms with van der Waals surface area (Å²) < 4.78 is 23.3. The van der Waals surface area contributed by atoms with Crippen molar-refractivity contribution in [1.29, 1.82) is 0 Å². The van der Waals surface area contributed by atoms with Crippen LogP contribution in [0.2, 0.25) is 0 Å². The van der Waals surface area contributed by atoms with Gasteiger partial charge >= 0.3 is 12.0 Å². The van der Waals surface area contributed by atoms with Gasteiger partial charge in [0.1, 0.15) is 17.1 Å². The van der Waals surface area contributed by atoms with Gasteiger partial charge in [0, 0.05) is 11.3 Å². The fourth-order valence-corrected chi connectivity index (χ4v) is 3.52. The van der Waals surface area contributed by atoms with E-state index in [1.165, 1.54) is 67.8 Å². The molecule has 2 N–H and O–H groups in total. The van der Waals surface area contributed by atoms with Crippen LogP contribution in [0.25, 0.3) is 6.08 Å². The van der Waals surface area contributed by atoms with E-state index >= 15 is 0 Å². The van der Waals surface area contributed by atoms with Gasteiger partial charge in [0.05, 0.1) is 18.4 Å². The third-order valence-electron chi connectivity index (χ3n) is 5.35. The number of anilines is 2. The number of ether oxygens (including phenoxy) is 2. The second-order valence-corrected chi connectivity index (χ2v) is 7.88. The molecule has 11 heteroatoms. The van der Waals surface area contributed by atoms with Crippen molar-refractivity contribution in [1.82, 2.24) is 5.32 Å². The van der Waals surface area contributed by atoms with Crippen molar-refractivity contribution < 1.29 is 37.8 Å². The number of para-hydroxylation sites is 1. The lowest BCUT2D eigenvalue weighted by Crippen LogP contribution is -2.54. The van der Waals surface area contributed by atoms with Crippen LogP contribution >= 0.6 is 0 Å². The number of amides is 5. The van der Waals surface area contributed by atoms with Gasteiger partial charge in [-0.1, -0.05) is 18.2 Å². The van der Waals surface area contributed by atoms with Gasteiger partial charge < -0.3 is 14.8 Å². The first-order chi connectivity index (χ1) is 18.3. The van der Waals surface area contributed by atoms with Crippen LogP contribution < -0.4 is 20.3 Å². The smallest absolute Gasteiger partial charge is 0.337 e. The van der Waals surface area contributed by atoms with Gasteiger partial charge in [-0.15, -0.1) is 0 Å². The minimum atomic E-state index is -0.954. The van der Waals surface area contributed by atoms with Crippen molar-refractivity contribution >= 4 is 47.2 Å². The summed E-state index contributed by atoms with van der Waals surface area (Å²) in [6, 6.07) is 16.1. The quantitative estimate of drug-likeness (QED) is 0.279. The van der Waals surface area contributed by atoms with E-state index in [1.807, 2.05) is 0 Å². The highest BCUT2D eigenvalue weighted by atomic mass is 19.1. The second kappa shape index (κ2) is 11.2. The van der Waals surface area contributed by atoms with Crippen LogP contribution in [0.5, 0.6) is 5.75 Å². The summed E-state index contributed by atoms with van der Waals surface area (Å²) in [6.07, 6.45) is 1.24. The molecule has 5 amide bonds. The standard InChI is InChI=1S/C27H20FN3O7/c1-37-26(35)16-6-12-20(13-7-16)31-25(34)21(24(33)30-27(31)36)14-17-4-2-3-5-22(17)38-15-23(32)29-19-10-8-18(28)9-11-19/h2-14H,15H2,1H3,(H,29,32)(H,30,33,36)/b21-14-. The number of imide groups is 2. The van der Waals surface area contributed by atoms with Crippen molar-refractivity contribution in [2.45, 2.75) is 0 Å². The Kier molecular flexibility index (Phi) is 7.57. The lowest BCUT2D eigenvalue weighted by molar-refractivity contribution is -0.122. The van der Waals surface area contributed by atoms with Crippen LogP contribution in [0.4, 0.5) is 20.6 Å². The van der Waals surface area contributed by atoms with Crippen LogP contribution in [0.1, 0.15) is 15.9 Å². The molecule has 1 aliphatic heterocycles. The zero-order valence-electron chi connectivity index (χ0n) is 19.9. The molecule has 1 saturated heterocycles. The number of benzene rings is 3. The highest BCUT2D eigenvalue weighted by molar-refractivity contribution is 6.39. The van der Waals surface area contributed by atoms with Crippen LogP contribution in [-0.4, -0.2) is 43.4 Å². The number of hydrogen-bond acceptors (Lipinski definition) is 7. The fraction of sp³-hybridized carbons (Fsp3) is 0.0741. The molecule has 0 bridgehead atoms. The molecular weight excluding hydrogens is 497 g/mol. The first kappa shape index (κ1) is 25.8. The Labute approximate surface area is 215 Å². The van der Waals surface area contributed by atoms with E-state index in [0.29, 0.717) is 11.3 Å². The molecule has 1 aliphatic rings. The number of barbiturate groups is 1. The van der Waals surface area contributed by atoms with Gasteiger partial charge in [-0.3, -0.25) is 19.7 Å². The topological polar surface area (TPSA) is 131 Å². The van der Waals surface area contributed by atoms with E-state index in [1.54, 1.807) is 18.2 Å². The maximum Gasteiger partial charge on any atom is 0.337 e. The Morgan fingerprint density at radius 2 is 1.66 bits per heavy atom. The van der Waals surface area contributed by atoms with E-state index < -0.39 is 42.1 Å². The molecule has 1 fully saturated rings. The predicted molar refractivity (Wildman–Crippen MR) is 134 cm³/mol. The number of nitrogens with zero attached hydrogens (tertiary/aromatic N) is 1. The van der Waals surface area contributed by atoms with E-state index in [4.69, 9.17) is 4.74 Å². The summed E-state index contributed by atoms with van der Waals surface area (Å²) >= 11 is 0. The van der Waals surface area contributed by atoms with Gasteiger partial charge in [0.15, 0.2) is 6.61 Å². The van der Waals surface area contributed by atoms with Crippen LogP contribution in [0.3, 0.4) is 0 Å². The van der Waals surface area contributed by atoms with Crippen LogP contribution in [0.15, 0.2) is 78.4 Å². The third kappa shape index (κ3) is 5.73. The molecule has 0 spiro atoms. The molecule has 0 atom stereocenters. The molecule has 192 valence electrons. The molecule has 38 heavy (non-hydrogen) atoms. The summed E-state index contributed by atoms with van der Waals surface area (Å²) in [5.74, 6) is -3.16. The summed E-state index contributed by atoms with van der Waals surface area (Å²) in [4.78, 5) is 62.9. The van der Waals surface area contributed by atoms with Gasteiger partial charge in [0.2, 0.25) is 0 Å². The molecule has 0 radical (unpaired) electrons. The van der Waals surface area contributed by atoms with Crippen LogP contribution in [0, 0.1) is 5.82 Å². The lowest BCUT2D eigenvalue weighted by Gasteiger charge is -2.26. The Morgan fingerprint density at radius 3 is 2.34 bits per heavy atom. The zero-order valence-corrected chi connectivity index (χ0v) is 19.9. The van der Waals surface area contributed by atoms with E-state index in [9.17, 15) is 28.4 Å². The highest BCUT2D eigenvalue weighted by Gasteiger charge is 2.37. The third-order valence-corrected chi connectivity index (χ3v) is 5.35. The maximum absolute atomic E-state index is 13.2. The molecule has 4 rings (SSSR count). The maximum atomic E-state index is 13.2. The summed E-state index contributed by atoms with van der Waals surface area (Å²) in [7, 11) is 1.22. The average Bonchev–Trinajstić information content (AvgIpc) is 2.91. The number of carbonyl (C=O) groups excluding carboxylic acids is 5. The molecule has 3 aromatic rings. The lowest BCUT2D eigenvalue weighted by atomic mass is 10.1. The monoisotopic (exact) mass is 517 g/mol. The van der Waals surface area contributed by atoms with Gasteiger partial charge in [-0.25, -0.2) is 18.9 Å². The summed E-state index contributed by atoms with van der Waals surface area (Å²) in [5.41, 5.74) is 0.664. The fourth-order valence-electron chi connectivity index (χ4n) is 3.52. The number of esters is 1. The summed E-state index contributed by atoms with van der Waals surface area (Å²) in [5, 5.41) is 4.67. The van der Waals surface area contributed by atoms with Crippen molar-refractivity contribution in [3.05, 3.63) is 95.3 Å². The van der Waals surface area contributed by atoms with Crippen molar-refractivity contribution in [2.75, 3.05) is 23.9 Å². The van der Waals surface area contributed by atoms with Crippen LogP contribution in [-0.2, 0) is 19.1 Å². The number of nitrogens with one attached hydrogen (secondary N) is 2. The SMILES string of the molecule is COC(=O)c1ccc(N2C(=O)NC(=O)/C(=C/c3ccccc3OCC(=O)Nc3ccc(F)cc3)C2=O)cc1. The van der Waals surface area contributed by atoms with E-state index in [0.717, 1.165) is 4.90 Å². The predicted octanol–water partition coefficient (Wildman–Crippen LogP) is 3.30. The average molecular weight is 517 g/mol. The second-order valence-electron chi connectivity index (χ2n) is 7.88. The van der Waals surface area contributed by atoms with Gasteiger partial charge in [-0.2, -0.15) is 0 Å². The van der Waals surface area contributed by atoms with Crippen molar-refractivity contribution in [3.63, 3.8) is 0 Å². The number of halogens is 1. The molecular formula is C27H20FN3O7. The number of urea groups is 1. The van der Waals surface area contributed by atoms with E-state index in [-0.39, 0.29) is 22.6 Å². The molecule has 0 aromatic heterocycles. The number of rotatable bonds is 7.